The number of anilines is 5. The first-order valence-electron chi connectivity index (χ1n) is 10.5. The van der Waals surface area contributed by atoms with Crippen LogP contribution in [0.25, 0.3) is 10.8 Å². The largest absolute Gasteiger partial charge is 0.344 e. The fourth-order valence-electron chi connectivity index (χ4n) is 4.07. The van der Waals surface area contributed by atoms with E-state index in [0.29, 0.717) is 0 Å². The second-order valence-electron chi connectivity index (χ2n) is 7.58. The van der Waals surface area contributed by atoms with E-state index in [2.05, 4.69) is 144 Å². The van der Waals surface area contributed by atoms with E-state index in [4.69, 9.17) is 0 Å². The standard InChI is InChI=1S/C29H24N2/c1-30(29-18-10-12-23-11-8-9-17-28(23)29)24-19-21-27(22-20-24)31(25-13-4-2-5-14-25)26-15-6-3-7-16-26/h2-22H,1H3. The van der Waals surface area contributed by atoms with E-state index >= 15 is 0 Å². The Morgan fingerprint density at radius 3 is 1.55 bits per heavy atom. The van der Waals surface area contributed by atoms with Gasteiger partial charge in [-0.25, -0.2) is 0 Å². The molecule has 0 saturated carbocycles. The normalized spacial score (nSPS) is 10.7. The zero-order valence-electron chi connectivity index (χ0n) is 17.5. The van der Waals surface area contributed by atoms with Gasteiger partial charge in [0, 0.05) is 40.9 Å². The van der Waals surface area contributed by atoms with Crippen LogP contribution in [0.1, 0.15) is 0 Å². The molecule has 150 valence electrons. The molecule has 5 rings (SSSR count). The van der Waals surface area contributed by atoms with Crippen LogP contribution in [0.15, 0.2) is 127 Å². The predicted molar refractivity (Wildman–Crippen MR) is 133 cm³/mol. The van der Waals surface area contributed by atoms with Crippen LogP contribution in [-0.4, -0.2) is 7.05 Å². The molecule has 0 spiro atoms. The van der Waals surface area contributed by atoms with Gasteiger partial charge >= 0.3 is 0 Å². The molecule has 0 aromatic heterocycles. The van der Waals surface area contributed by atoms with Gasteiger partial charge in [0.05, 0.1) is 0 Å². The Hall–Kier alpha value is -4.04. The summed E-state index contributed by atoms with van der Waals surface area (Å²) in [5.74, 6) is 0. The first-order chi connectivity index (χ1) is 15.3. The van der Waals surface area contributed by atoms with E-state index in [1.54, 1.807) is 0 Å². The van der Waals surface area contributed by atoms with Crippen molar-refractivity contribution in [1.29, 1.82) is 0 Å². The van der Waals surface area contributed by atoms with E-state index < -0.39 is 0 Å². The molecule has 0 atom stereocenters. The van der Waals surface area contributed by atoms with Crippen LogP contribution in [0.2, 0.25) is 0 Å². The molecule has 0 aliphatic heterocycles. The second kappa shape index (κ2) is 8.37. The maximum Gasteiger partial charge on any atom is 0.0487 e. The van der Waals surface area contributed by atoms with Crippen molar-refractivity contribution in [1.82, 2.24) is 0 Å². The van der Waals surface area contributed by atoms with Crippen molar-refractivity contribution < 1.29 is 0 Å². The molecule has 0 radical (unpaired) electrons. The monoisotopic (exact) mass is 400 g/mol. The third-order valence-electron chi connectivity index (χ3n) is 5.65. The number of para-hydroxylation sites is 2. The lowest BCUT2D eigenvalue weighted by Crippen LogP contribution is -2.12. The summed E-state index contributed by atoms with van der Waals surface area (Å²) in [7, 11) is 2.13. The quantitative estimate of drug-likeness (QED) is 0.294. The van der Waals surface area contributed by atoms with Crippen LogP contribution in [0, 0.1) is 0 Å². The molecule has 31 heavy (non-hydrogen) atoms. The Kier molecular flexibility index (Phi) is 5.12. The maximum atomic E-state index is 2.28. The smallest absolute Gasteiger partial charge is 0.0487 e. The number of fused-ring (bicyclic) bond motifs is 1. The summed E-state index contributed by atoms with van der Waals surface area (Å²) in [5.41, 5.74) is 5.77. The summed E-state index contributed by atoms with van der Waals surface area (Å²) in [6.45, 7) is 0. The Labute approximate surface area is 183 Å². The molecule has 0 aliphatic rings. The van der Waals surface area contributed by atoms with Crippen molar-refractivity contribution >= 4 is 39.2 Å². The third kappa shape index (κ3) is 3.76. The molecule has 0 bridgehead atoms. The molecule has 0 N–H and O–H groups in total. The molecule has 0 heterocycles. The van der Waals surface area contributed by atoms with Crippen LogP contribution in [-0.2, 0) is 0 Å². The van der Waals surface area contributed by atoms with E-state index in [-0.39, 0.29) is 0 Å². The number of hydrogen-bond donors (Lipinski definition) is 0. The van der Waals surface area contributed by atoms with Gasteiger partial charge in [0.2, 0.25) is 0 Å². The minimum Gasteiger partial charge on any atom is -0.344 e. The second-order valence-corrected chi connectivity index (χ2v) is 7.58. The molecule has 5 aromatic carbocycles. The molecule has 2 heteroatoms. The fraction of sp³-hybridized carbons (Fsp3) is 0.0345. The third-order valence-corrected chi connectivity index (χ3v) is 5.65. The number of rotatable bonds is 5. The first-order valence-corrected chi connectivity index (χ1v) is 10.5. The van der Waals surface area contributed by atoms with E-state index in [9.17, 15) is 0 Å². The van der Waals surface area contributed by atoms with Crippen molar-refractivity contribution in [3.05, 3.63) is 127 Å². The van der Waals surface area contributed by atoms with Crippen LogP contribution < -0.4 is 9.80 Å². The average molecular weight is 401 g/mol. The Balaban J connectivity index is 1.52. The summed E-state index contributed by atoms with van der Waals surface area (Å²) < 4.78 is 0. The van der Waals surface area contributed by atoms with Crippen LogP contribution in [0.3, 0.4) is 0 Å². The molecule has 0 aliphatic carbocycles. The highest BCUT2D eigenvalue weighted by atomic mass is 15.1. The van der Waals surface area contributed by atoms with Crippen molar-refractivity contribution in [2.24, 2.45) is 0 Å². The summed E-state index contributed by atoms with van der Waals surface area (Å²) in [5, 5.41) is 2.51. The highest BCUT2D eigenvalue weighted by molar-refractivity contribution is 5.96. The molecular weight excluding hydrogens is 376 g/mol. The number of hydrogen-bond acceptors (Lipinski definition) is 2. The van der Waals surface area contributed by atoms with Gasteiger partial charge in [-0.2, -0.15) is 0 Å². The molecule has 0 amide bonds. The minimum absolute atomic E-state index is 1.13. The predicted octanol–water partition coefficient (Wildman–Crippen LogP) is 8.08. The van der Waals surface area contributed by atoms with Gasteiger partial charge in [-0.1, -0.05) is 72.8 Å². The van der Waals surface area contributed by atoms with E-state index in [1.807, 2.05) is 0 Å². The summed E-state index contributed by atoms with van der Waals surface area (Å²) in [6.07, 6.45) is 0. The van der Waals surface area contributed by atoms with Gasteiger partial charge in [0.1, 0.15) is 0 Å². The van der Waals surface area contributed by atoms with Gasteiger partial charge in [-0.3, -0.25) is 0 Å². The van der Waals surface area contributed by atoms with Gasteiger partial charge in [-0.05, 0) is 60.0 Å². The molecule has 2 nitrogen and oxygen atoms in total. The van der Waals surface area contributed by atoms with E-state index in [0.717, 1.165) is 22.7 Å². The van der Waals surface area contributed by atoms with Gasteiger partial charge in [0.15, 0.2) is 0 Å². The molecule has 5 aromatic rings. The molecule has 0 unspecified atom stereocenters. The zero-order chi connectivity index (χ0) is 21.0. The Morgan fingerprint density at radius 2 is 0.903 bits per heavy atom. The van der Waals surface area contributed by atoms with Gasteiger partial charge in [0.25, 0.3) is 0 Å². The zero-order valence-corrected chi connectivity index (χ0v) is 17.5. The highest BCUT2D eigenvalue weighted by Gasteiger charge is 2.13. The van der Waals surface area contributed by atoms with Crippen LogP contribution in [0.5, 0.6) is 0 Å². The maximum absolute atomic E-state index is 2.28. The lowest BCUT2D eigenvalue weighted by atomic mass is 10.1. The average Bonchev–Trinajstić information content (AvgIpc) is 2.85. The Morgan fingerprint density at radius 1 is 0.419 bits per heavy atom. The van der Waals surface area contributed by atoms with Crippen molar-refractivity contribution in [3.8, 4) is 0 Å². The number of nitrogens with zero attached hydrogens (tertiary/aromatic N) is 2. The van der Waals surface area contributed by atoms with Gasteiger partial charge < -0.3 is 9.80 Å². The highest BCUT2D eigenvalue weighted by Crippen LogP contribution is 2.36. The lowest BCUT2D eigenvalue weighted by molar-refractivity contribution is 1.21. The topological polar surface area (TPSA) is 6.48 Å². The first kappa shape index (κ1) is 19.0. The van der Waals surface area contributed by atoms with Crippen molar-refractivity contribution in [2.45, 2.75) is 0 Å². The SMILES string of the molecule is CN(c1ccc(N(c2ccccc2)c2ccccc2)cc1)c1cccc2ccccc12. The van der Waals surface area contributed by atoms with Crippen molar-refractivity contribution in [3.63, 3.8) is 0 Å². The summed E-state index contributed by atoms with van der Waals surface area (Å²) in [4.78, 5) is 4.53. The summed E-state index contributed by atoms with van der Waals surface area (Å²) in [6, 6.07) is 44.7. The number of benzene rings is 5. The van der Waals surface area contributed by atoms with Crippen LogP contribution in [0.4, 0.5) is 28.4 Å². The Bertz CT molecular complexity index is 1230. The molecule has 0 fully saturated rings. The van der Waals surface area contributed by atoms with E-state index in [1.165, 1.54) is 16.5 Å². The van der Waals surface area contributed by atoms with Crippen molar-refractivity contribution in [2.75, 3.05) is 16.8 Å². The minimum atomic E-state index is 1.13. The van der Waals surface area contributed by atoms with Gasteiger partial charge in [-0.15, -0.1) is 0 Å². The lowest BCUT2D eigenvalue weighted by Gasteiger charge is -2.27. The summed E-state index contributed by atoms with van der Waals surface area (Å²) >= 11 is 0. The van der Waals surface area contributed by atoms with Crippen LogP contribution >= 0.6 is 0 Å². The molecular formula is C29H24N2. The fourth-order valence-corrected chi connectivity index (χ4v) is 4.07. The molecule has 0 saturated heterocycles.